The Morgan fingerprint density at radius 3 is 2.62 bits per heavy atom. The normalized spacial score (nSPS) is 10.3. The summed E-state index contributed by atoms with van der Waals surface area (Å²) in [6.07, 6.45) is 4.71. The molecule has 21 heavy (non-hydrogen) atoms. The quantitative estimate of drug-likeness (QED) is 0.744. The van der Waals surface area contributed by atoms with E-state index in [2.05, 4.69) is 15.0 Å². The molecule has 0 unspecified atom stereocenters. The van der Waals surface area contributed by atoms with Gasteiger partial charge in [-0.25, -0.2) is 4.98 Å². The van der Waals surface area contributed by atoms with E-state index in [0.29, 0.717) is 22.3 Å². The van der Waals surface area contributed by atoms with Crippen molar-refractivity contribution in [2.75, 3.05) is 5.73 Å². The number of aromatic nitrogens is 3. The number of anilines is 1. The summed E-state index contributed by atoms with van der Waals surface area (Å²) in [6.45, 7) is 0. The van der Waals surface area contributed by atoms with E-state index in [9.17, 15) is 0 Å². The zero-order valence-corrected chi connectivity index (χ0v) is 11.8. The number of hydrogen-bond acceptors (Lipinski definition) is 6. The Hall–Kier alpha value is -2.60. The van der Waals surface area contributed by atoms with Gasteiger partial charge in [-0.05, 0) is 24.3 Å². The molecule has 0 bridgehead atoms. The first-order chi connectivity index (χ1) is 10.3. The highest BCUT2D eigenvalue weighted by molar-refractivity contribution is 7.99. The molecule has 5 nitrogen and oxygen atoms in total. The van der Waals surface area contributed by atoms with Gasteiger partial charge in [0.05, 0.1) is 6.20 Å². The number of nitrogen functional groups attached to an aromatic ring is 1. The van der Waals surface area contributed by atoms with E-state index in [-0.39, 0.29) is 0 Å². The van der Waals surface area contributed by atoms with Crippen molar-refractivity contribution in [2.24, 2.45) is 0 Å². The lowest BCUT2D eigenvalue weighted by molar-refractivity contribution is 0.460. The molecule has 0 aliphatic heterocycles. The Balaban J connectivity index is 1.85. The molecule has 104 valence electrons. The molecule has 0 amide bonds. The zero-order valence-electron chi connectivity index (χ0n) is 11.0. The zero-order chi connectivity index (χ0) is 14.5. The Bertz CT molecular complexity index is 663. The molecule has 0 aliphatic rings. The van der Waals surface area contributed by atoms with Gasteiger partial charge < -0.3 is 10.5 Å². The summed E-state index contributed by atoms with van der Waals surface area (Å²) in [4.78, 5) is 13.3. The molecule has 2 heterocycles. The van der Waals surface area contributed by atoms with Crippen molar-refractivity contribution >= 4 is 17.4 Å². The van der Waals surface area contributed by atoms with Gasteiger partial charge in [0.15, 0.2) is 0 Å². The van der Waals surface area contributed by atoms with Crippen LogP contribution in [0.3, 0.4) is 0 Å². The second-order valence-electron chi connectivity index (χ2n) is 4.10. The summed E-state index contributed by atoms with van der Waals surface area (Å²) in [5.41, 5.74) is 6.50. The maximum atomic E-state index is 6.09. The van der Waals surface area contributed by atoms with E-state index in [1.54, 1.807) is 24.5 Å². The number of nitrogens with two attached hydrogens (primary N) is 1. The minimum Gasteiger partial charge on any atom is -0.435 e. The molecule has 0 saturated carbocycles. The fourth-order valence-corrected chi connectivity index (χ4v) is 2.46. The molecule has 0 atom stereocenters. The van der Waals surface area contributed by atoms with Crippen molar-refractivity contribution in [1.29, 1.82) is 0 Å². The van der Waals surface area contributed by atoms with Crippen LogP contribution in [0, 0.1) is 0 Å². The lowest BCUT2D eigenvalue weighted by Crippen LogP contribution is -1.99. The Labute approximate surface area is 126 Å². The highest BCUT2D eigenvalue weighted by atomic mass is 32.2. The number of nitrogens with zero attached hydrogens (tertiary/aromatic N) is 3. The van der Waals surface area contributed by atoms with Crippen LogP contribution in [0.15, 0.2) is 71.1 Å². The van der Waals surface area contributed by atoms with E-state index < -0.39 is 0 Å². The molecule has 0 spiro atoms. The van der Waals surface area contributed by atoms with Gasteiger partial charge in [0, 0.05) is 11.1 Å². The smallest absolute Gasteiger partial charge is 0.247 e. The molecule has 6 heteroatoms. The van der Waals surface area contributed by atoms with Crippen molar-refractivity contribution in [1.82, 2.24) is 15.0 Å². The third-order valence-corrected chi connectivity index (χ3v) is 3.64. The molecular formula is C15H12N4OS. The van der Waals surface area contributed by atoms with Crippen molar-refractivity contribution in [3.05, 3.63) is 61.2 Å². The van der Waals surface area contributed by atoms with Crippen LogP contribution < -0.4 is 10.5 Å². The van der Waals surface area contributed by atoms with E-state index in [4.69, 9.17) is 10.5 Å². The van der Waals surface area contributed by atoms with Crippen molar-refractivity contribution < 1.29 is 4.74 Å². The van der Waals surface area contributed by atoms with Gasteiger partial charge in [-0.2, -0.15) is 4.98 Å². The fraction of sp³-hybridized carbons (Fsp3) is 0. The molecule has 0 aliphatic carbocycles. The van der Waals surface area contributed by atoms with Crippen LogP contribution in [0.4, 0.5) is 5.69 Å². The monoisotopic (exact) mass is 296 g/mol. The first-order valence-corrected chi connectivity index (χ1v) is 7.06. The van der Waals surface area contributed by atoms with Crippen LogP contribution in [0.5, 0.6) is 11.6 Å². The van der Waals surface area contributed by atoms with Gasteiger partial charge in [0.1, 0.15) is 22.8 Å². The molecule has 1 aromatic carbocycles. The summed E-state index contributed by atoms with van der Waals surface area (Å²) >= 11 is 1.47. The highest BCUT2D eigenvalue weighted by Crippen LogP contribution is 2.35. The molecule has 2 aromatic heterocycles. The average Bonchev–Trinajstić information content (AvgIpc) is 2.53. The van der Waals surface area contributed by atoms with Gasteiger partial charge in [-0.1, -0.05) is 30.0 Å². The average molecular weight is 296 g/mol. The first kappa shape index (κ1) is 13.4. The summed E-state index contributed by atoms with van der Waals surface area (Å²) in [6, 6.07) is 13.5. The molecule has 0 fully saturated rings. The van der Waals surface area contributed by atoms with E-state index in [0.717, 1.165) is 4.90 Å². The lowest BCUT2D eigenvalue weighted by Gasteiger charge is -2.09. The first-order valence-electron chi connectivity index (χ1n) is 6.24. The second kappa shape index (κ2) is 6.23. The van der Waals surface area contributed by atoms with Crippen LogP contribution in [0.1, 0.15) is 0 Å². The number of pyridine rings is 1. The number of benzene rings is 1. The second-order valence-corrected chi connectivity index (χ2v) is 5.17. The highest BCUT2D eigenvalue weighted by Gasteiger charge is 2.11. The fourth-order valence-electron chi connectivity index (χ4n) is 1.65. The Morgan fingerprint density at radius 2 is 1.86 bits per heavy atom. The predicted molar refractivity (Wildman–Crippen MR) is 81.3 cm³/mol. The van der Waals surface area contributed by atoms with Gasteiger partial charge in [0.25, 0.3) is 0 Å². The van der Waals surface area contributed by atoms with Crippen LogP contribution in [-0.2, 0) is 0 Å². The summed E-state index contributed by atoms with van der Waals surface area (Å²) < 4.78 is 5.64. The van der Waals surface area contributed by atoms with Gasteiger partial charge in [0.2, 0.25) is 5.88 Å². The Morgan fingerprint density at radius 1 is 1.00 bits per heavy atom. The van der Waals surface area contributed by atoms with Crippen molar-refractivity contribution in [3.63, 3.8) is 0 Å². The Kier molecular flexibility index (Phi) is 3.97. The largest absolute Gasteiger partial charge is 0.435 e. The third-order valence-electron chi connectivity index (χ3n) is 2.62. The van der Waals surface area contributed by atoms with Crippen molar-refractivity contribution in [3.8, 4) is 11.6 Å². The number of hydrogen-bond donors (Lipinski definition) is 1. The molecular weight excluding hydrogens is 284 g/mol. The maximum Gasteiger partial charge on any atom is 0.247 e. The standard InChI is InChI=1S/C15H12N4OS/c16-13-14(20-11-5-4-8-17-9-11)18-10-19-15(13)21-12-6-2-1-3-7-12/h1-10H,16H2. The van der Waals surface area contributed by atoms with Gasteiger partial charge in [-0.15, -0.1) is 0 Å². The van der Waals surface area contributed by atoms with E-state index >= 15 is 0 Å². The molecule has 2 N–H and O–H groups in total. The van der Waals surface area contributed by atoms with E-state index in [1.807, 2.05) is 30.3 Å². The van der Waals surface area contributed by atoms with Crippen molar-refractivity contribution in [2.45, 2.75) is 9.92 Å². The summed E-state index contributed by atoms with van der Waals surface area (Å²) in [5, 5.41) is 0.662. The minimum absolute atomic E-state index is 0.330. The topological polar surface area (TPSA) is 73.9 Å². The lowest BCUT2D eigenvalue weighted by atomic mass is 10.4. The van der Waals surface area contributed by atoms with Gasteiger partial charge >= 0.3 is 0 Å². The maximum absolute atomic E-state index is 6.09. The molecule has 0 saturated heterocycles. The number of rotatable bonds is 4. The van der Waals surface area contributed by atoms with Crippen LogP contribution in [0.25, 0.3) is 0 Å². The molecule has 3 rings (SSSR count). The van der Waals surface area contributed by atoms with Crippen LogP contribution in [0.2, 0.25) is 0 Å². The van der Waals surface area contributed by atoms with Gasteiger partial charge in [-0.3, -0.25) is 4.98 Å². The van der Waals surface area contributed by atoms with E-state index in [1.165, 1.54) is 18.1 Å². The molecule has 3 aromatic rings. The number of ether oxygens (including phenoxy) is 1. The summed E-state index contributed by atoms with van der Waals surface area (Å²) in [7, 11) is 0. The predicted octanol–water partition coefficient (Wildman–Crippen LogP) is 3.40. The summed E-state index contributed by atoms with van der Waals surface area (Å²) in [5.74, 6) is 0.912. The van der Waals surface area contributed by atoms with Crippen LogP contribution >= 0.6 is 11.8 Å². The molecule has 0 radical (unpaired) electrons. The SMILES string of the molecule is Nc1c(Oc2cccnc2)ncnc1Sc1ccccc1. The minimum atomic E-state index is 0.330. The van der Waals surface area contributed by atoms with Crippen LogP contribution in [-0.4, -0.2) is 15.0 Å². The third kappa shape index (κ3) is 3.29.